The number of anilines is 1. The number of rotatable bonds is 10. The van der Waals surface area contributed by atoms with E-state index < -0.39 is 89.0 Å². The van der Waals surface area contributed by atoms with E-state index in [-0.39, 0.29) is 23.5 Å². The number of methoxy groups -OCH3 is 1. The van der Waals surface area contributed by atoms with E-state index in [1.165, 1.54) is 19.2 Å². The van der Waals surface area contributed by atoms with Crippen molar-refractivity contribution in [2.75, 3.05) is 18.6 Å². The Morgan fingerprint density at radius 3 is 2.04 bits per heavy atom. The van der Waals surface area contributed by atoms with E-state index in [2.05, 4.69) is 22.5 Å². The predicted molar refractivity (Wildman–Crippen MR) is 263 cm³/mol. The van der Waals surface area contributed by atoms with Crippen molar-refractivity contribution in [2.45, 2.75) is 99.8 Å². The number of aliphatic hydroxyl groups is 2. The molecule has 2 saturated heterocycles. The number of ether oxygens (including phenoxy) is 2. The van der Waals surface area contributed by atoms with Gasteiger partial charge in [-0.25, -0.2) is 14.5 Å². The van der Waals surface area contributed by atoms with Crippen molar-refractivity contribution in [3.8, 4) is 17.6 Å². The summed E-state index contributed by atoms with van der Waals surface area (Å²) in [6, 6.07) is 32.4. The zero-order valence-electron chi connectivity index (χ0n) is 39.9. The SMILES string of the molecule is COC(=O)C(NC(=O)N1C(=O)C2(c3cc(C#CC4(O)CCCCCC4)ccc31)C(C(=O)NCC(O)c1ccccc1)C1C(=O)OC(c3ccccc3)C(c3ccccc3)N1C2c1ccc(O)cc1)C(C)C. The molecule has 366 valence electrons. The molecule has 4 amide bonds. The topological polar surface area (TPSA) is 195 Å². The van der Waals surface area contributed by atoms with E-state index in [9.17, 15) is 20.1 Å². The van der Waals surface area contributed by atoms with Gasteiger partial charge in [0.25, 0.3) is 0 Å². The maximum atomic E-state index is 16.6. The highest BCUT2D eigenvalue weighted by Crippen LogP contribution is 2.66. The number of benzene rings is 5. The number of nitrogens with one attached hydrogen (secondary N) is 2. The Morgan fingerprint density at radius 2 is 1.42 bits per heavy atom. The molecular weight excluding hydrogens is 901 g/mol. The lowest BCUT2D eigenvalue weighted by atomic mass is 9.65. The molecule has 0 bridgehead atoms. The third-order valence-corrected chi connectivity index (χ3v) is 14.6. The number of esters is 2. The summed E-state index contributed by atoms with van der Waals surface area (Å²) in [6.45, 7) is 3.12. The number of phenolic OH excluding ortho intramolecular Hbond substituents is 1. The standard InChI is InChI=1S/C57H58N4O10/c1-35(2)46(52(65)70-3)59-55(68)60-43-28-23-36(29-32-56(69)30-15-4-5-16-31-56)33-42(43)57(54(60)67)45(51(64)58-34-44(63)37-17-9-6-10-18-37)48-53(66)71-49(39-21-13-8-14-22-39)47(38-19-11-7-12-20-38)61(48)50(57)40-24-26-41(62)27-25-40/h6-14,17-28,33,35,44-50,62-63,69H,4-5,15-16,30-31,34H2,1-3H3,(H,58,64)(H,59,68). The Balaban J connectivity index is 1.33. The number of aliphatic hydroxyl groups excluding tert-OH is 1. The maximum Gasteiger partial charge on any atom is 0.329 e. The molecule has 3 heterocycles. The molecule has 71 heavy (non-hydrogen) atoms. The van der Waals surface area contributed by atoms with E-state index in [1.54, 1.807) is 74.5 Å². The number of hydrogen-bond acceptors (Lipinski definition) is 11. The van der Waals surface area contributed by atoms with Crippen molar-refractivity contribution < 1.29 is 48.8 Å². The number of phenols is 1. The van der Waals surface area contributed by atoms with Crippen molar-refractivity contribution in [1.82, 2.24) is 15.5 Å². The number of amides is 4. The van der Waals surface area contributed by atoms with Crippen LogP contribution in [0.5, 0.6) is 5.75 Å². The lowest BCUT2D eigenvalue weighted by Crippen LogP contribution is -2.58. The van der Waals surface area contributed by atoms with Gasteiger partial charge in [-0.05, 0) is 89.8 Å². The molecule has 3 fully saturated rings. The number of carbonyl (C=O) groups excluding carboxylic acids is 5. The van der Waals surface area contributed by atoms with E-state index in [1.807, 2.05) is 65.6 Å². The Bertz CT molecular complexity index is 2840. The number of fused-ring (bicyclic) bond motifs is 3. The van der Waals surface area contributed by atoms with Gasteiger partial charge in [-0.1, -0.05) is 142 Å². The number of imide groups is 1. The van der Waals surface area contributed by atoms with Gasteiger partial charge in [0.1, 0.15) is 35.0 Å². The summed E-state index contributed by atoms with van der Waals surface area (Å²) < 4.78 is 11.6. The number of cyclic esters (lactones) is 1. The summed E-state index contributed by atoms with van der Waals surface area (Å²) in [4.78, 5) is 78.9. The first-order chi connectivity index (χ1) is 34.3. The second-order valence-electron chi connectivity index (χ2n) is 19.3. The second kappa shape index (κ2) is 20.2. The van der Waals surface area contributed by atoms with Gasteiger partial charge in [0.05, 0.1) is 36.9 Å². The summed E-state index contributed by atoms with van der Waals surface area (Å²) in [6.07, 6.45) is 2.30. The molecule has 5 aromatic carbocycles. The van der Waals surface area contributed by atoms with E-state index >= 15 is 19.2 Å². The number of aromatic hydroxyl groups is 1. The molecule has 14 nitrogen and oxygen atoms in total. The fourth-order valence-electron chi connectivity index (χ4n) is 11.2. The number of hydrogen-bond donors (Lipinski definition) is 5. The van der Waals surface area contributed by atoms with Gasteiger partial charge in [0.2, 0.25) is 11.8 Å². The second-order valence-corrected chi connectivity index (χ2v) is 19.3. The Morgan fingerprint density at radius 1 is 0.803 bits per heavy atom. The normalized spacial score (nSPS) is 24.4. The van der Waals surface area contributed by atoms with Crippen LogP contribution < -0.4 is 15.5 Å². The summed E-state index contributed by atoms with van der Waals surface area (Å²) in [5.41, 5.74) is -0.621. The average Bonchev–Trinajstić information content (AvgIpc) is 3.72. The quantitative estimate of drug-likeness (QED) is 0.0538. The Kier molecular flexibility index (Phi) is 13.9. The lowest BCUT2D eigenvalue weighted by molar-refractivity contribution is -0.178. The Labute approximate surface area is 413 Å². The molecule has 0 aromatic heterocycles. The van der Waals surface area contributed by atoms with Crippen LogP contribution in [0.3, 0.4) is 0 Å². The zero-order valence-corrected chi connectivity index (χ0v) is 39.9. The predicted octanol–water partition coefficient (Wildman–Crippen LogP) is 7.25. The van der Waals surface area contributed by atoms with Gasteiger partial charge < -0.3 is 35.4 Å². The van der Waals surface area contributed by atoms with Gasteiger partial charge in [-0.3, -0.25) is 19.3 Å². The van der Waals surface area contributed by atoms with E-state index in [0.29, 0.717) is 40.7 Å². The number of carbonyl (C=O) groups is 5. The summed E-state index contributed by atoms with van der Waals surface area (Å²) >= 11 is 0. The summed E-state index contributed by atoms with van der Waals surface area (Å²) in [5.74, 6) is 0.812. The van der Waals surface area contributed by atoms with E-state index in [4.69, 9.17) is 9.47 Å². The third-order valence-electron chi connectivity index (χ3n) is 14.6. The first-order valence-electron chi connectivity index (χ1n) is 24.3. The molecule has 1 aliphatic carbocycles. The number of nitrogens with zero attached hydrogens (tertiary/aromatic N) is 2. The zero-order chi connectivity index (χ0) is 50.0. The van der Waals surface area contributed by atoms with E-state index in [0.717, 1.165) is 30.6 Å². The minimum Gasteiger partial charge on any atom is -0.508 e. The largest absolute Gasteiger partial charge is 0.508 e. The minimum absolute atomic E-state index is 0.0635. The van der Waals surface area contributed by atoms with Crippen LogP contribution in [0.4, 0.5) is 10.5 Å². The highest BCUT2D eigenvalue weighted by molar-refractivity contribution is 6.25. The van der Waals surface area contributed by atoms with Crippen LogP contribution in [0.1, 0.15) is 110 Å². The number of urea groups is 1. The van der Waals surface area contributed by atoms with Crippen molar-refractivity contribution in [2.24, 2.45) is 11.8 Å². The first-order valence-corrected chi connectivity index (χ1v) is 24.3. The summed E-state index contributed by atoms with van der Waals surface area (Å²) in [7, 11) is 1.20. The third kappa shape index (κ3) is 9.05. The van der Waals surface area contributed by atoms with Crippen LogP contribution in [0.2, 0.25) is 0 Å². The molecule has 5 aromatic rings. The molecule has 9 rings (SSSR count). The fraction of sp³-hybridized carbons (Fsp3) is 0.351. The molecule has 1 spiro atoms. The fourth-order valence-corrected chi connectivity index (χ4v) is 11.2. The van der Waals surface area contributed by atoms with Crippen molar-refractivity contribution >= 4 is 35.5 Å². The molecule has 5 N–H and O–H groups in total. The maximum absolute atomic E-state index is 16.6. The smallest absolute Gasteiger partial charge is 0.329 e. The monoisotopic (exact) mass is 958 g/mol. The van der Waals surface area contributed by atoms with Crippen LogP contribution in [0.15, 0.2) is 133 Å². The molecule has 0 radical (unpaired) electrons. The van der Waals surface area contributed by atoms with Crippen molar-refractivity contribution in [3.05, 3.63) is 167 Å². The molecule has 14 heteroatoms. The molecule has 8 unspecified atom stereocenters. The van der Waals surface area contributed by atoms with Crippen LogP contribution in [-0.4, -0.2) is 81.3 Å². The van der Waals surface area contributed by atoms with Crippen LogP contribution >= 0.6 is 0 Å². The van der Waals surface area contributed by atoms with Crippen molar-refractivity contribution in [1.29, 1.82) is 0 Å². The van der Waals surface area contributed by atoms with Gasteiger partial charge in [0, 0.05) is 12.1 Å². The van der Waals surface area contributed by atoms with Gasteiger partial charge >= 0.3 is 18.0 Å². The first kappa shape index (κ1) is 48.7. The average molecular weight is 959 g/mol. The van der Waals surface area contributed by atoms with Crippen LogP contribution in [0, 0.1) is 23.7 Å². The number of morpholine rings is 1. The highest BCUT2D eigenvalue weighted by Gasteiger charge is 2.75. The van der Waals surface area contributed by atoms with Crippen molar-refractivity contribution in [3.63, 3.8) is 0 Å². The molecule has 3 aliphatic heterocycles. The lowest BCUT2D eigenvalue weighted by Gasteiger charge is -2.46. The molecule has 8 atom stereocenters. The van der Waals surface area contributed by atoms with Gasteiger partial charge in [-0.2, -0.15) is 0 Å². The molecular formula is C57H58N4O10. The van der Waals surface area contributed by atoms with Gasteiger partial charge in [-0.15, -0.1) is 0 Å². The van der Waals surface area contributed by atoms with Crippen LogP contribution in [-0.2, 0) is 34.1 Å². The van der Waals surface area contributed by atoms with Gasteiger partial charge in [0.15, 0.2) is 0 Å². The van der Waals surface area contributed by atoms with Crippen LogP contribution in [0.25, 0.3) is 0 Å². The highest BCUT2D eigenvalue weighted by atomic mass is 16.6. The molecule has 4 aliphatic rings. The minimum atomic E-state index is -2.19. The Hall–Kier alpha value is -7.31. The summed E-state index contributed by atoms with van der Waals surface area (Å²) in [5, 5.41) is 39.6. The molecule has 1 saturated carbocycles.